The van der Waals surface area contributed by atoms with Crippen molar-refractivity contribution < 1.29 is 4.39 Å². The third-order valence-corrected chi connectivity index (χ3v) is 4.26. The van der Waals surface area contributed by atoms with E-state index in [0.717, 1.165) is 48.8 Å². The molecule has 106 valence electrons. The Morgan fingerprint density at radius 2 is 2.05 bits per heavy atom. The summed E-state index contributed by atoms with van der Waals surface area (Å²) < 4.78 is 13.9. The Hall–Kier alpha value is -0.580. The van der Waals surface area contributed by atoms with E-state index in [1.807, 2.05) is 23.9 Å². The van der Waals surface area contributed by atoms with Crippen LogP contribution in [0.4, 0.5) is 4.39 Å². The molecule has 0 radical (unpaired) electrons. The lowest BCUT2D eigenvalue weighted by atomic mass is 10.1. The molecule has 0 amide bonds. The molecule has 1 heterocycles. The van der Waals surface area contributed by atoms with E-state index in [2.05, 4.69) is 24.1 Å². The molecule has 0 aliphatic carbocycles. The summed E-state index contributed by atoms with van der Waals surface area (Å²) in [4.78, 5) is 2.34. The van der Waals surface area contributed by atoms with Gasteiger partial charge in [-0.2, -0.15) is 11.8 Å². The van der Waals surface area contributed by atoms with Crippen molar-refractivity contribution in [2.24, 2.45) is 0 Å². The maximum Gasteiger partial charge on any atom is 0.127 e. The highest BCUT2D eigenvalue weighted by molar-refractivity contribution is 7.99. The van der Waals surface area contributed by atoms with Crippen molar-refractivity contribution in [1.29, 1.82) is 0 Å². The van der Waals surface area contributed by atoms with Gasteiger partial charge < -0.3 is 5.32 Å². The van der Waals surface area contributed by atoms with Crippen LogP contribution in [0, 0.1) is 5.82 Å². The Morgan fingerprint density at radius 3 is 2.74 bits per heavy atom. The molecule has 1 N–H and O–H groups in total. The van der Waals surface area contributed by atoms with Gasteiger partial charge in [0.05, 0.1) is 0 Å². The van der Waals surface area contributed by atoms with E-state index in [1.54, 1.807) is 6.07 Å². The predicted octanol–water partition coefficient (Wildman–Crippen LogP) is 2.87. The van der Waals surface area contributed by atoms with Crippen molar-refractivity contribution in [1.82, 2.24) is 10.2 Å². The second-order valence-electron chi connectivity index (χ2n) is 5.35. The molecule has 0 saturated carbocycles. The minimum absolute atomic E-state index is 0.0773. The van der Waals surface area contributed by atoms with Gasteiger partial charge in [0.2, 0.25) is 0 Å². The average molecular weight is 282 g/mol. The van der Waals surface area contributed by atoms with Gasteiger partial charge in [0, 0.05) is 49.3 Å². The second kappa shape index (κ2) is 7.27. The van der Waals surface area contributed by atoms with Gasteiger partial charge in [-0.05, 0) is 11.6 Å². The summed E-state index contributed by atoms with van der Waals surface area (Å²) in [6.45, 7) is 7.92. The highest BCUT2D eigenvalue weighted by Gasteiger charge is 2.13. The third-order valence-electron chi connectivity index (χ3n) is 3.32. The van der Waals surface area contributed by atoms with E-state index in [1.165, 1.54) is 0 Å². The Labute approximate surface area is 119 Å². The molecule has 0 aromatic heterocycles. The number of halogens is 1. The van der Waals surface area contributed by atoms with E-state index < -0.39 is 0 Å². The van der Waals surface area contributed by atoms with E-state index in [9.17, 15) is 4.39 Å². The fraction of sp³-hybridized carbons (Fsp3) is 0.600. The van der Waals surface area contributed by atoms with Gasteiger partial charge in [0.25, 0.3) is 0 Å². The van der Waals surface area contributed by atoms with Crippen LogP contribution < -0.4 is 5.32 Å². The molecular weight excluding hydrogens is 259 g/mol. The van der Waals surface area contributed by atoms with Gasteiger partial charge >= 0.3 is 0 Å². The van der Waals surface area contributed by atoms with Crippen LogP contribution in [0.25, 0.3) is 0 Å². The number of nitrogens with zero attached hydrogens (tertiary/aromatic N) is 1. The molecule has 2 nitrogen and oxygen atoms in total. The topological polar surface area (TPSA) is 15.3 Å². The fourth-order valence-electron chi connectivity index (χ4n) is 2.18. The van der Waals surface area contributed by atoms with Crippen LogP contribution in [-0.4, -0.2) is 35.5 Å². The minimum atomic E-state index is -0.0773. The first-order valence-electron chi connectivity index (χ1n) is 6.96. The normalized spacial score (nSPS) is 17.1. The zero-order valence-corrected chi connectivity index (χ0v) is 12.6. The lowest BCUT2D eigenvalue weighted by molar-refractivity contribution is 0.290. The number of hydrogen-bond donors (Lipinski definition) is 1. The second-order valence-corrected chi connectivity index (χ2v) is 6.57. The number of rotatable bonds is 5. The van der Waals surface area contributed by atoms with E-state index in [0.29, 0.717) is 6.04 Å². The van der Waals surface area contributed by atoms with Crippen LogP contribution in [-0.2, 0) is 13.1 Å². The molecule has 1 aromatic rings. The summed E-state index contributed by atoms with van der Waals surface area (Å²) >= 11 is 1.98. The van der Waals surface area contributed by atoms with Crippen molar-refractivity contribution in [2.75, 3.05) is 24.6 Å². The molecule has 19 heavy (non-hydrogen) atoms. The molecule has 1 fully saturated rings. The zero-order chi connectivity index (χ0) is 13.7. The van der Waals surface area contributed by atoms with Crippen molar-refractivity contribution >= 4 is 11.8 Å². The number of thioether (sulfide) groups is 1. The summed E-state index contributed by atoms with van der Waals surface area (Å²) in [5.41, 5.74) is 1.99. The van der Waals surface area contributed by atoms with E-state index >= 15 is 0 Å². The molecule has 1 saturated heterocycles. The van der Waals surface area contributed by atoms with Crippen LogP contribution in [0.1, 0.15) is 25.0 Å². The quantitative estimate of drug-likeness (QED) is 0.894. The Morgan fingerprint density at radius 1 is 1.32 bits per heavy atom. The fourth-order valence-corrected chi connectivity index (χ4v) is 3.16. The maximum atomic E-state index is 13.9. The smallest absolute Gasteiger partial charge is 0.127 e. The standard InChI is InChI=1S/C15H23FN2S/c1-12(2)17-10-13-3-4-15(16)14(9-13)11-18-5-7-19-8-6-18/h3-4,9,12,17H,5-8,10-11H2,1-2H3. The van der Waals surface area contributed by atoms with Crippen LogP contribution in [0.15, 0.2) is 18.2 Å². The summed E-state index contributed by atoms with van der Waals surface area (Å²) in [6, 6.07) is 5.94. The van der Waals surface area contributed by atoms with Gasteiger partial charge in [0.15, 0.2) is 0 Å². The lowest BCUT2D eigenvalue weighted by Crippen LogP contribution is -2.32. The van der Waals surface area contributed by atoms with Crippen molar-refractivity contribution in [2.45, 2.75) is 33.0 Å². The number of benzene rings is 1. The Balaban J connectivity index is 1.99. The van der Waals surface area contributed by atoms with Gasteiger partial charge in [-0.25, -0.2) is 4.39 Å². The predicted molar refractivity (Wildman–Crippen MR) is 81.0 cm³/mol. The first-order chi connectivity index (χ1) is 9.15. The van der Waals surface area contributed by atoms with Crippen LogP contribution >= 0.6 is 11.8 Å². The summed E-state index contributed by atoms with van der Waals surface area (Å²) in [5.74, 6) is 2.25. The summed E-state index contributed by atoms with van der Waals surface area (Å²) in [7, 11) is 0. The first-order valence-corrected chi connectivity index (χ1v) is 8.11. The van der Waals surface area contributed by atoms with E-state index in [4.69, 9.17) is 0 Å². The monoisotopic (exact) mass is 282 g/mol. The molecule has 4 heteroatoms. The summed E-state index contributed by atoms with van der Waals surface area (Å²) in [5, 5.41) is 3.37. The maximum absolute atomic E-state index is 13.9. The number of hydrogen-bond acceptors (Lipinski definition) is 3. The van der Waals surface area contributed by atoms with Crippen molar-refractivity contribution in [3.05, 3.63) is 35.1 Å². The highest BCUT2D eigenvalue weighted by Crippen LogP contribution is 2.16. The summed E-state index contributed by atoms with van der Waals surface area (Å²) in [6.07, 6.45) is 0. The third kappa shape index (κ3) is 4.79. The highest BCUT2D eigenvalue weighted by atomic mass is 32.2. The molecule has 0 atom stereocenters. The zero-order valence-electron chi connectivity index (χ0n) is 11.8. The number of nitrogens with one attached hydrogen (secondary N) is 1. The molecule has 2 rings (SSSR count). The molecule has 1 aliphatic heterocycles. The van der Waals surface area contributed by atoms with Crippen LogP contribution in [0.3, 0.4) is 0 Å². The molecule has 0 unspecified atom stereocenters. The van der Waals surface area contributed by atoms with Gasteiger partial charge in [-0.1, -0.05) is 26.0 Å². The molecular formula is C15H23FN2S. The molecule has 0 spiro atoms. The van der Waals surface area contributed by atoms with Gasteiger partial charge in [0.1, 0.15) is 5.82 Å². The SMILES string of the molecule is CC(C)NCc1ccc(F)c(CN2CCSCC2)c1. The Kier molecular flexibility index (Phi) is 5.67. The minimum Gasteiger partial charge on any atom is -0.310 e. The molecule has 0 bridgehead atoms. The first kappa shape index (κ1) is 14.8. The van der Waals surface area contributed by atoms with Crippen LogP contribution in [0.2, 0.25) is 0 Å². The lowest BCUT2D eigenvalue weighted by Gasteiger charge is -2.26. The van der Waals surface area contributed by atoms with Gasteiger partial charge in [-0.15, -0.1) is 0 Å². The van der Waals surface area contributed by atoms with E-state index in [-0.39, 0.29) is 5.82 Å². The van der Waals surface area contributed by atoms with Crippen molar-refractivity contribution in [3.63, 3.8) is 0 Å². The largest absolute Gasteiger partial charge is 0.310 e. The van der Waals surface area contributed by atoms with Crippen molar-refractivity contribution in [3.8, 4) is 0 Å². The van der Waals surface area contributed by atoms with Gasteiger partial charge in [-0.3, -0.25) is 4.90 Å². The van der Waals surface area contributed by atoms with Crippen LogP contribution in [0.5, 0.6) is 0 Å². The molecule has 1 aromatic carbocycles. The average Bonchev–Trinajstić information content (AvgIpc) is 2.41. The molecule has 1 aliphatic rings. The Bertz CT molecular complexity index is 403.